The average molecular weight is 361 g/mol. The van der Waals surface area contributed by atoms with E-state index in [9.17, 15) is 5.11 Å². The predicted molar refractivity (Wildman–Crippen MR) is 114 cm³/mol. The van der Waals surface area contributed by atoms with Crippen LogP contribution in [0.2, 0.25) is 5.04 Å². The summed E-state index contributed by atoms with van der Waals surface area (Å²) in [7, 11) is -2.57. The third-order valence-corrected chi connectivity index (χ3v) is 11.5. The molecule has 0 spiro atoms. The SMILES string of the molecule is Cc1ccccc1C(O)[Si](c1ccccc1)(c1ccccc1)C(C)(C)C. The van der Waals surface area contributed by atoms with Gasteiger partial charge in [0.05, 0.1) is 5.73 Å². The lowest BCUT2D eigenvalue weighted by atomic mass is 10.1. The van der Waals surface area contributed by atoms with Crippen LogP contribution < -0.4 is 10.4 Å². The van der Waals surface area contributed by atoms with Gasteiger partial charge in [-0.1, -0.05) is 116 Å². The summed E-state index contributed by atoms with van der Waals surface area (Å²) in [6, 6.07) is 29.5. The number of aliphatic hydroxyl groups excluding tert-OH is 1. The standard InChI is InChI=1S/C24H28OSi/c1-19-13-11-12-18-22(19)23(25)26(24(2,3)4,20-14-7-5-8-15-20)21-16-9-6-10-17-21/h5-18,23,25H,1-4H3. The molecule has 0 aromatic heterocycles. The Hall–Kier alpha value is -2.16. The molecular weight excluding hydrogens is 332 g/mol. The Kier molecular flexibility index (Phi) is 5.17. The zero-order chi connectivity index (χ0) is 18.8. The maximum Gasteiger partial charge on any atom is 0.159 e. The summed E-state index contributed by atoms with van der Waals surface area (Å²) >= 11 is 0. The van der Waals surface area contributed by atoms with E-state index in [0.717, 1.165) is 11.1 Å². The third kappa shape index (κ3) is 3.04. The van der Waals surface area contributed by atoms with Crippen molar-refractivity contribution in [3.63, 3.8) is 0 Å². The topological polar surface area (TPSA) is 20.2 Å². The first kappa shape index (κ1) is 18.6. The van der Waals surface area contributed by atoms with Crippen molar-refractivity contribution in [3.05, 3.63) is 96.1 Å². The molecule has 2 heteroatoms. The van der Waals surface area contributed by atoms with E-state index in [1.54, 1.807) is 0 Å². The van der Waals surface area contributed by atoms with Crippen LogP contribution in [-0.2, 0) is 0 Å². The highest BCUT2D eigenvalue weighted by Crippen LogP contribution is 2.43. The van der Waals surface area contributed by atoms with Crippen LogP contribution in [0.1, 0.15) is 37.6 Å². The first-order valence-corrected chi connectivity index (χ1v) is 11.3. The largest absolute Gasteiger partial charge is 0.391 e. The molecule has 0 aliphatic carbocycles. The molecule has 0 radical (unpaired) electrons. The van der Waals surface area contributed by atoms with E-state index in [2.05, 4.69) is 100 Å². The van der Waals surface area contributed by atoms with Crippen molar-refractivity contribution < 1.29 is 5.11 Å². The van der Waals surface area contributed by atoms with Gasteiger partial charge in [-0.25, -0.2) is 0 Å². The molecule has 0 bridgehead atoms. The van der Waals surface area contributed by atoms with Gasteiger partial charge in [0.25, 0.3) is 0 Å². The Bertz CT molecular complexity index is 811. The van der Waals surface area contributed by atoms with Crippen molar-refractivity contribution in [2.75, 3.05) is 0 Å². The maximum absolute atomic E-state index is 11.9. The van der Waals surface area contributed by atoms with Crippen LogP contribution >= 0.6 is 0 Å². The summed E-state index contributed by atoms with van der Waals surface area (Å²) in [4.78, 5) is 0. The van der Waals surface area contributed by atoms with Gasteiger partial charge < -0.3 is 5.11 Å². The third-order valence-electron chi connectivity index (χ3n) is 5.53. The molecule has 0 fully saturated rings. The molecule has 26 heavy (non-hydrogen) atoms. The van der Waals surface area contributed by atoms with Crippen molar-refractivity contribution in [2.24, 2.45) is 0 Å². The first-order valence-electron chi connectivity index (χ1n) is 9.23. The van der Waals surface area contributed by atoms with E-state index in [1.165, 1.54) is 10.4 Å². The van der Waals surface area contributed by atoms with Gasteiger partial charge in [-0.3, -0.25) is 0 Å². The molecule has 1 nitrogen and oxygen atoms in total. The van der Waals surface area contributed by atoms with Crippen molar-refractivity contribution in [2.45, 2.75) is 38.5 Å². The smallest absolute Gasteiger partial charge is 0.159 e. The minimum Gasteiger partial charge on any atom is -0.391 e. The molecule has 0 amide bonds. The minimum absolute atomic E-state index is 0.0720. The second kappa shape index (κ2) is 7.22. The molecule has 0 heterocycles. The lowest BCUT2D eigenvalue weighted by molar-refractivity contribution is 0.245. The fraction of sp³-hybridized carbons (Fsp3) is 0.250. The molecular formula is C24H28OSi. The number of hydrogen-bond donors (Lipinski definition) is 1. The predicted octanol–water partition coefficient (Wildman–Crippen LogP) is 4.63. The maximum atomic E-state index is 11.9. The van der Waals surface area contributed by atoms with Gasteiger partial charge in [0.2, 0.25) is 0 Å². The number of aryl methyl sites for hydroxylation is 1. The summed E-state index contributed by atoms with van der Waals surface area (Å²) in [5.74, 6) is 0. The highest BCUT2D eigenvalue weighted by molar-refractivity contribution is 7.04. The monoisotopic (exact) mass is 360 g/mol. The van der Waals surface area contributed by atoms with E-state index < -0.39 is 13.8 Å². The van der Waals surface area contributed by atoms with Crippen LogP contribution in [0.3, 0.4) is 0 Å². The van der Waals surface area contributed by atoms with Crippen molar-refractivity contribution in [3.8, 4) is 0 Å². The van der Waals surface area contributed by atoms with E-state index in [1.807, 2.05) is 12.1 Å². The molecule has 3 aromatic rings. The van der Waals surface area contributed by atoms with Gasteiger partial charge in [-0.15, -0.1) is 0 Å². The molecule has 0 aliphatic heterocycles. The molecule has 1 N–H and O–H groups in total. The van der Waals surface area contributed by atoms with Crippen molar-refractivity contribution in [1.29, 1.82) is 0 Å². The Balaban J connectivity index is 2.37. The van der Waals surface area contributed by atoms with Gasteiger partial charge in [-0.05, 0) is 23.1 Å². The lowest BCUT2D eigenvalue weighted by Gasteiger charge is -2.47. The van der Waals surface area contributed by atoms with Crippen LogP contribution in [0.4, 0.5) is 0 Å². The van der Waals surface area contributed by atoms with E-state index in [-0.39, 0.29) is 5.04 Å². The van der Waals surface area contributed by atoms with Crippen LogP contribution in [0.15, 0.2) is 84.9 Å². The summed E-state index contributed by atoms with van der Waals surface area (Å²) in [5, 5.41) is 14.4. The number of benzene rings is 3. The normalized spacial score (nSPS) is 13.4. The van der Waals surface area contributed by atoms with Gasteiger partial charge in [0, 0.05) is 0 Å². The summed E-state index contributed by atoms with van der Waals surface area (Å²) in [6.45, 7) is 8.93. The fourth-order valence-electron chi connectivity index (χ4n) is 4.29. The first-order chi connectivity index (χ1) is 12.4. The van der Waals surface area contributed by atoms with Gasteiger partial charge in [0.1, 0.15) is 0 Å². The Morgan fingerprint density at radius 3 is 1.54 bits per heavy atom. The van der Waals surface area contributed by atoms with Gasteiger partial charge >= 0.3 is 0 Å². The van der Waals surface area contributed by atoms with E-state index in [4.69, 9.17) is 0 Å². The van der Waals surface area contributed by atoms with Crippen LogP contribution in [-0.4, -0.2) is 13.2 Å². The lowest BCUT2D eigenvalue weighted by Crippen LogP contribution is -2.68. The Morgan fingerprint density at radius 2 is 1.12 bits per heavy atom. The molecule has 0 aliphatic rings. The second-order valence-corrected chi connectivity index (χ2v) is 12.9. The zero-order valence-corrected chi connectivity index (χ0v) is 17.1. The van der Waals surface area contributed by atoms with E-state index >= 15 is 0 Å². The van der Waals surface area contributed by atoms with Gasteiger partial charge in [0.15, 0.2) is 8.07 Å². The van der Waals surface area contributed by atoms with Gasteiger partial charge in [-0.2, -0.15) is 0 Å². The molecule has 3 rings (SSSR count). The van der Waals surface area contributed by atoms with Crippen LogP contribution in [0, 0.1) is 6.92 Å². The van der Waals surface area contributed by atoms with Crippen molar-refractivity contribution in [1.82, 2.24) is 0 Å². The molecule has 0 saturated heterocycles. The van der Waals surface area contributed by atoms with Crippen LogP contribution in [0.25, 0.3) is 0 Å². The molecule has 1 atom stereocenters. The molecule has 134 valence electrons. The molecule has 0 saturated carbocycles. The Labute approximate surface area is 158 Å². The van der Waals surface area contributed by atoms with E-state index in [0.29, 0.717) is 0 Å². The molecule has 1 unspecified atom stereocenters. The summed E-state index contributed by atoms with van der Waals surface area (Å²) in [6.07, 6.45) is 0. The Morgan fingerprint density at radius 1 is 0.692 bits per heavy atom. The number of rotatable bonds is 4. The highest BCUT2D eigenvalue weighted by atomic mass is 28.3. The second-order valence-electron chi connectivity index (χ2n) is 8.05. The molecule has 3 aromatic carbocycles. The quantitative estimate of drug-likeness (QED) is 0.673. The fourth-order valence-corrected chi connectivity index (χ4v) is 10.0. The van der Waals surface area contributed by atoms with Crippen molar-refractivity contribution >= 4 is 18.4 Å². The summed E-state index contributed by atoms with van der Waals surface area (Å²) in [5.41, 5.74) is 1.67. The summed E-state index contributed by atoms with van der Waals surface area (Å²) < 4.78 is 0. The average Bonchev–Trinajstić information content (AvgIpc) is 2.63. The number of hydrogen-bond acceptors (Lipinski definition) is 1. The van der Waals surface area contributed by atoms with Crippen LogP contribution in [0.5, 0.6) is 0 Å². The minimum atomic E-state index is -2.57. The zero-order valence-electron chi connectivity index (χ0n) is 16.1. The highest BCUT2D eigenvalue weighted by Gasteiger charge is 2.53. The number of aliphatic hydroxyl groups is 1.